The van der Waals surface area contributed by atoms with Crippen LogP contribution in [-0.4, -0.2) is 54.4 Å². The van der Waals surface area contributed by atoms with Gasteiger partial charge in [-0.15, -0.1) is 0 Å². The van der Waals surface area contributed by atoms with Gasteiger partial charge in [0.15, 0.2) is 5.65 Å². The average Bonchev–Trinajstić information content (AvgIpc) is 2.82. The molecule has 0 aromatic carbocycles. The van der Waals surface area contributed by atoms with Crippen LogP contribution in [0.5, 0.6) is 0 Å². The molecule has 7 nitrogen and oxygen atoms in total. The number of hydrogen-bond acceptors (Lipinski definition) is 6. The minimum absolute atomic E-state index is 0.0276. The second-order valence-corrected chi connectivity index (χ2v) is 7.24. The minimum atomic E-state index is -3.44. The number of aromatic nitrogens is 3. The van der Waals surface area contributed by atoms with Crippen molar-refractivity contribution in [1.82, 2.24) is 13.9 Å². The largest absolute Gasteiger partial charge is 0.377 e. The van der Waals surface area contributed by atoms with E-state index in [0.29, 0.717) is 36.6 Å². The first-order chi connectivity index (χ1) is 9.88. The zero-order valence-corrected chi connectivity index (χ0v) is 13.2. The molecule has 0 spiro atoms. The smallest absolute Gasteiger partial charge is 0.237 e. The maximum absolute atomic E-state index is 11.8. The van der Waals surface area contributed by atoms with Crippen molar-refractivity contribution in [1.29, 1.82) is 0 Å². The molecule has 2 aromatic heterocycles. The molecule has 0 radical (unpaired) electrons. The van der Waals surface area contributed by atoms with Crippen LogP contribution in [0, 0.1) is 0 Å². The highest BCUT2D eigenvalue weighted by Gasteiger charge is 2.25. The number of fused-ring (bicyclic) bond motifs is 1. The number of morpholine rings is 1. The number of anilines is 1. The quantitative estimate of drug-likeness (QED) is 0.768. The topological polar surface area (TPSA) is 77.3 Å². The molecule has 0 aliphatic carbocycles. The first-order valence-electron chi connectivity index (χ1n) is 6.47. The molecule has 1 aliphatic heterocycles. The van der Waals surface area contributed by atoms with Gasteiger partial charge in [-0.3, -0.25) is 0 Å². The van der Waals surface area contributed by atoms with Crippen LogP contribution in [0.3, 0.4) is 0 Å². The van der Waals surface area contributed by atoms with Crippen molar-refractivity contribution >= 4 is 38.5 Å². The Labute approximate surface area is 127 Å². The normalized spacial score (nSPS) is 20.1. The van der Waals surface area contributed by atoms with Crippen LogP contribution in [0.4, 0.5) is 5.82 Å². The van der Waals surface area contributed by atoms with Crippen LogP contribution >= 0.6 is 11.6 Å². The summed E-state index contributed by atoms with van der Waals surface area (Å²) in [5, 5.41) is 0.693. The molecule has 0 bridgehead atoms. The summed E-state index contributed by atoms with van der Waals surface area (Å²) in [6, 6.07) is 1.83. The average molecular weight is 331 g/mol. The van der Waals surface area contributed by atoms with Gasteiger partial charge in [-0.1, -0.05) is 0 Å². The zero-order chi connectivity index (χ0) is 15.2. The maximum Gasteiger partial charge on any atom is 0.237 e. The van der Waals surface area contributed by atoms with Gasteiger partial charge in [-0.05, 0) is 24.6 Å². The Balaban J connectivity index is 2.22. The van der Waals surface area contributed by atoms with Crippen LogP contribution in [0.1, 0.15) is 6.92 Å². The monoisotopic (exact) mass is 330 g/mol. The third-order valence-electron chi connectivity index (χ3n) is 3.46. The fourth-order valence-corrected chi connectivity index (χ4v) is 3.37. The van der Waals surface area contributed by atoms with Crippen molar-refractivity contribution in [3.8, 4) is 0 Å². The number of ether oxygens (including phenoxy) is 1. The zero-order valence-electron chi connectivity index (χ0n) is 11.7. The van der Waals surface area contributed by atoms with E-state index in [1.807, 2.05) is 6.92 Å². The molecule has 1 atom stereocenters. The van der Waals surface area contributed by atoms with Crippen LogP contribution < -0.4 is 4.90 Å². The highest BCUT2D eigenvalue weighted by Crippen LogP contribution is 2.29. The fourth-order valence-electron chi connectivity index (χ4n) is 2.48. The lowest BCUT2D eigenvalue weighted by atomic mass is 10.2. The van der Waals surface area contributed by atoms with E-state index in [1.54, 1.807) is 6.07 Å². The molecule has 21 heavy (non-hydrogen) atoms. The Bertz CT molecular complexity index is 789. The van der Waals surface area contributed by atoms with Crippen LogP contribution in [0.15, 0.2) is 12.3 Å². The summed E-state index contributed by atoms with van der Waals surface area (Å²) in [6.07, 6.45) is 2.60. The summed E-state index contributed by atoms with van der Waals surface area (Å²) in [4.78, 5) is 10.4. The van der Waals surface area contributed by atoms with E-state index in [-0.39, 0.29) is 11.3 Å². The van der Waals surface area contributed by atoms with Crippen molar-refractivity contribution < 1.29 is 13.2 Å². The number of hydrogen-bond donors (Lipinski definition) is 0. The van der Waals surface area contributed by atoms with Crippen molar-refractivity contribution in [2.24, 2.45) is 0 Å². The molecule has 2 aromatic rings. The van der Waals surface area contributed by atoms with Gasteiger partial charge in [-0.2, -0.15) is 9.97 Å². The van der Waals surface area contributed by atoms with E-state index >= 15 is 0 Å². The Morgan fingerprint density at radius 3 is 2.86 bits per heavy atom. The molecule has 1 fully saturated rings. The predicted molar refractivity (Wildman–Crippen MR) is 80.4 cm³/mol. The Morgan fingerprint density at radius 1 is 1.43 bits per heavy atom. The molecule has 3 rings (SSSR count). The van der Waals surface area contributed by atoms with Crippen LogP contribution in [-0.2, 0) is 14.8 Å². The van der Waals surface area contributed by atoms with E-state index in [4.69, 9.17) is 16.3 Å². The first-order valence-corrected chi connectivity index (χ1v) is 8.70. The molecule has 114 valence electrons. The molecule has 1 saturated heterocycles. The lowest BCUT2D eigenvalue weighted by Crippen LogP contribution is -2.44. The molecule has 0 N–H and O–H groups in total. The van der Waals surface area contributed by atoms with Crippen molar-refractivity contribution in [2.45, 2.75) is 13.0 Å². The van der Waals surface area contributed by atoms with Crippen molar-refractivity contribution in [2.75, 3.05) is 30.9 Å². The van der Waals surface area contributed by atoms with Gasteiger partial charge in [0, 0.05) is 12.7 Å². The second kappa shape index (κ2) is 5.11. The van der Waals surface area contributed by atoms with Gasteiger partial charge in [0.05, 0.1) is 30.9 Å². The van der Waals surface area contributed by atoms with E-state index in [9.17, 15) is 8.42 Å². The standard InChI is InChI=1S/C12H15ClN4O3S/c1-8-7-20-6-5-16(8)10-9-3-4-17(21(2,18)19)11(9)15-12(13)14-10/h3-4,8H,5-7H2,1-2H3/t8-/m1/s1. The third kappa shape index (κ3) is 2.58. The molecular weight excluding hydrogens is 316 g/mol. The summed E-state index contributed by atoms with van der Waals surface area (Å²) < 4.78 is 30.1. The molecule has 0 amide bonds. The lowest BCUT2D eigenvalue weighted by molar-refractivity contribution is 0.0987. The van der Waals surface area contributed by atoms with Gasteiger partial charge in [-0.25, -0.2) is 12.4 Å². The molecular formula is C12H15ClN4O3S. The van der Waals surface area contributed by atoms with Gasteiger partial charge >= 0.3 is 0 Å². The summed E-state index contributed by atoms with van der Waals surface area (Å²) in [6.45, 7) is 3.89. The number of nitrogens with zero attached hydrogens (tertiary/aromatic N) is 4. The Kier molecular flexibility index (Phi) is 3.54. The van der Waals surface area contributed by atoms with E-state index < -0.39 is 10.0 Å². The van der Waals surface area contributed by atoms with Gasteiger partial charge in [0.2, 0.25) is 15.3 Å². The van der Waals surface area contributed by atoms with Crippen molar-refractivity contribution in [3.05, 3.63) is 17.5 Å². The number of rotatable bonds is 2. The lowest BCUT2D eigenvalue weighted by Gasteiger charge is -2.34. The van der Waals surface area contributed by atoms with E-state index in [1.165, 1.54) is 6.20 Å². The molecule has 9 heteroatoms. The summed E-state index contributed by atoms with van der Waals surface area (Å²) in [5.41, 5.74) is 0.297. The van der Waals surface area contributed by atoms with Crippen molar-refractivity contribution in [3.63, 3.8) is 0 Å². The molecule has 1 aliphatic rings. The molecule has 0 saturated carbocycles. The molecule has 0 unspecified atom stereocenters. The Hall–Kier alpha value is -1.38. The second-order valence-electron chi connectivity index (χ2n) is 5.05. The summed E-state index contributed by atoms with van der Waals surface area (Å²) in [7, 11) is -3.44. The fraction of sp³-hybridized carbons (Fsp3) is 0.500. The van der Waals surface area contributed by atoms with Gasteiger partial charge < -0.3 is 9.64 Å². The van der Waals surface area contributed by atoms with Crippen LogP contribution in [0.2, 0.25) is 5.28 Å². The Morgan fingerprint density at radius 2 is 2.19 bits per heavy atom. The predicted octanol–water partition coefficient (Wildman–Crippen LogP) is 1.12. The first kappa shape index (κ1) is 14.6. The number of halogens is 1. The summed E-state index contributed by atoms with van der Waals surface area (Å²) in [5.74, 6) is 0.642. The van der Waals surface area contributed by atoms with E-state index in [0.717, 1.165) is 10.2 Å². The van der Waals surface area contributed by atoms with Crippen LogP contribution in [0.25, 0.3) is 11.0 Å². The van der Waals surface area contributed by atoms with E-state index in [2.05, 4.69) is 14.9 Å². The maximum atomic E-state index is 11.8. The minimum Gasteiger partial charge on any atom is -0.377 e. The highest BCUT2D eigenvalue weighted by molar-refractivity contribution is 7.89. The van der Waals surface area contributed by atoms with Gasteiger partial charge in [0.1, 0.15) is 5.82 Å². The SMILES string of the molecule is C[C@@H]1COCCN1c1nc(Cl)nc2c1ccn2S(C)(=O)=O. The molecule has 3 heterocycles. The third-order valence-corrected chi connectivity index (χ3v) is 4.64. The van der Waals surface area contributed by atoms with Gasteiger partial charge in [0.25, 0.3) is 0 Å². The highest BCUT2D eigenvalue weighted by atomic mass is 35.5. The summed E-state index contributed by atoms with van der Waals surface area (Å²) >= 11 is 5.98.